The van der Waals surface area contributed by atoms with Crippen molar-refractivity contribution in [3.05, 3.63) is 29.6 Å². The summed E-state index contributed by atoms with van der Waals surface area (Å²) >= 11 is 0. The molecule has 0 radical (unpaired) electrons. The lowest BCUT2D eigenvalue weighted by molar-refractivity contribution is 0.0476. The average Bonchev–Trinajstić information content (AvgIpc) is 2.69. The maximum absolute atomic E-state index is 12.1. The third-order valence-corrected chi connectivity index (χ3v) is 4.58. The summed E-state index contributed by atoms with van der Waals surface area (Å²) in [4.78, 5) is 28.2. The van der Waals surface area contributed by atoms with Crippen LogP contribution >= 0.6 is 0 Å². The van der Waals surface area contributed by atoms with Crippen LogP contribution in [0.25, 0.3) is 0 Å². The molecule has 1 aromatic heterocycles. The molecule has 0 aromatic carbocycles. The average molecular weight is 392 g/mol. The maximum Gasteiger partial charge on any atom is 0.356 e. The van der Waals surface area contributed by atoms with Crippen LogP contribution in [0.3, 0.4) is 0 Å². The summed E-state index contributed by atoms with van der Waals surface area (Å²) in [5.74, 6) is -0.534. The van der Waals surface area contributed by atoms with Crippen LogP contribution in [0, 0.1) is 5.92 Å². The molecule has 1 heterocycles. The van der Waals surface area contributed by atoms with Gasteiger partial charge in [0.1, 0.15) is 11.4 Å². The van der Waals surface area contributed by atoms with Crippen molar-refractivity contribution in [1.29, 1.82) is 0 Å². The van der Waals surface area contributed by atoms with Crippen molar-refractivity contribution < 1.29 is 19.1 Å². The lowest BCUT2D eigenvalue weighted by atomic mass is 10.1. The second-order valence-electron chi connectivity index (χ2n) is 7.69. The summed E-state index contributed by atoms with van der Waals surface area (Å²) in [5, 5.41) is 0. The number of hydrogen-bond donors (Lipinski definition) is 0. The lowest BCUT2D eigenvalue weighted by Crippen LogP contribution is -2.14. The molecule has 1 rings (SSSR count). The van der Waals surface area contributed by atoms with Crippen molar-refractivity contribution in [2.45, 2.75) is 85.0 Å². The summed E-state index contributed by atoms with van der Waals surface area (Å²) in [5.41, 5.74) is 0.288. The largest absolute Gasteiger partial charge is 0.461 e. The molecule has 1 aromatic rings. The fourth-order valence-corrected chi connectivity index (χ4v) is 2.77. The molecular weight excluding hydrogens is 354 g/mol. The van der Waals surface area contributed by atoms with E-state index < -0.39 is 11.9 Å². The Morgan fingerprint density at radius 1 is 0.821 bits per heavy atom. The van der Waals surface area contributed by atoms with E-state index in [1.54, 1.807) is 18.2 Å². The maximum atomic E-state index is 12.1. The number of esters is 2. The van der Waals surface area contributed by atoms with Gasteiger partial charge in [-0.05, 0) is 30.9 Å². The molecule has 0 atom stereocenters. The predicted molar refractivity (Wildman–Crippen MR) is 111 cm³/mol. The highest BCUT2D eigenvalue weighted by Gasteiger charge is 2.14. The van der Waals surface area contributed by atoms with Gasteiger partial charge < -0.3 is 9.47 Å². The van der Waals surface area contributed by atoms with E-state index in [0.29, 0.717) is 19.1 Å². The quantitative estimate of drug-likeness (QED) is 0.272. The monoisotopic (exact) mass is 391 g/mol. The zero-order valence-corrected chi connectivity index (χ0v) is 17.9. The highest BCUT2D eigenvalue weighted by Crippen LogP contribution is 2.10. The first-order valence-corrected chi connectivity index (χ1v) is 10.9. The molecule has 0 amide bonds. The van der Waals surface area contributed by atoms with E-state index in [9.17, 15) is 9.59 Å². The molecule has 28 heavy (non-hydrogen) atoms. The molecule has 0 N–H and O–H groups in total. The van der Waals surface area contributed by atoms with E-state index in [4.69, 9.17) is 9.47 Å². The standard InChI is InChI=1S/C23H37NO4/c1-4-5-6-7-8-9-10-11-12-17-27-22(25)20-14-13-15-21(24-20)23(26)28-18-16-19(2)3/h13-15,19H,4-12,16-18H2,1-3H3. The van der Waals surface area contributed by atoms with Crippen molar-refractivity contribution in [2.24, 2.45) is 5.92 Å². The van der Waals surface area contributed by atoms with Gasteiger partial charge in [-0.15, -0.1) is 0 Å². The number of ether oxygens (including phenoxy) is 2. The molecule has 0 aliphatic carbocycles. The number of aromatic nitrogens is 1. The van der Waals surface area contributed by atoms with Crippen LogP contribution in [0.1, 0.15) is 106 Å². The predicted octanol–water partition coefficient (Wildman–Crippen LogP) is 5.97. The fraction of sp³-hybridized carbons (Fsp3) is 0.696. The van der Waals surface area contributed by atoms with E-state index in [1.807, 2.05) is 0 Å². The fourth-order valence-electron chi connectivity index (χ4n) is 2.77. The van der Waals surface area contributed by atoms with Crippen LogP contribution in [0.5, 0.6) is 0 Å². The first-order valence-electron chi connectivity index (χ1n) is 10.9. The number of unbranched alkanes of at least 4 members (excludes halogenated alkanes) is 8. The third kappa shape index (κ3) is 11.1. The van der Waals surface area contributed by atoms with Crippen LogP contribution in [-0.2, 0) is 9.47 Å². The third-order valence-electron chi connectivity index (χ3n) is 4.58. The van der Waals surface area contributed by atoms with Gasteiger partial charge >= 0.3 is 11.9 Å². The van der Waals surface area contributed by atoms with Crippen molar-refractivity contribution in [2.75, 3.05) is 13.2 Å². The molecule has 0 aliphatic heterocycles. The van der Waals surface area contributed by atoms with Crippen molar-refractivity contribution >= 4 is 11.9 Å². The number of carbonyl (C=O) groups is 2. The number of pyridine rings is 1. The summed E-state index contributed by atoms with van der Waals surface area (Å²) < 4.78 is 10.5. The van der Waals surface area contributed by atoms with E-state index in [0.717, 1.165) is 19.3 Å². The Labute approximate surface area is 170 Å². The molecule has 5 nitrogen and oxygen atoms in total. The van der Waals surface area contributed by atoms with Gasteiger partial charge in [-0.1, -0.05) is 78.2 Å². The molecule has 0 bridgehead atoms. The van der Waals surface area contributed by atoms with Gasteiger partial charge in [-0.2, -0.15) is 0 Å². The molecule has 5 heteroatoms. The van der Waals surface area contributed by atoms with Gasteiger partial charge in [0.2, 0.25) is 0 Å². The van der Waals surface area contributed by atoms with Gasteiger partial charge in [0.25, 0.3) is 0 Å². The Morgan fingerprint density at radius 2 is 1.32 bits per heavy atom. The van der Waals surface area contributed by atoms with Gasteiger partial charge in [0.15, 0.2) is 0 Å². The zero-order chi connectivity index (χ0) is 20.6. The van der Waals surface area contributed by atoms with Crippen molar-refractivity contribution in [1.82, 2.24) is 4.98 Å². The summed E-state index contributed by atoms with van der Waals surface area (Å²) in [6.07, 6.45) is 11.7. The second-order valence-corrected chi connectivity index (χ2v) is 7.69. The van der Waals surface area contributed by atoms with Crippen LogP contribution in [0.4, 0.5) is 0 Å². The Bertz CT molecular complexity index is 571. The summed E-state index contributed by atoms with van der Waals surface area (Å²) in [7, 11) is 0. The Morgan fingerprint density at radius 3 is 1.86 bits per heavy atom. The molecular formula is C23H37NO4. The molecule has 0 unspecified atom stereocenters. The van der Waals surface area contributed by atoms with Crippen LogP contribution in [0.15, 0.2) is 18.2 Å². The van der Waals surface area contributed by atoms with Crippen LogP contribution in [-0.4, -0.2) is 30.1 Å². The smallest absolute Gasteiger partial charge is 0.356 e. The van der Waals surface area contributed by atoms with Crippen molar-refractivity contribution in [3.8, 4) is 0 Å². The Balaban J connectivity index is 2.23. The first kappa shape index (κ1) is 24.1. The molecule has 0 saturated carbocycles. The lowest BCUT2D eigenvalue weighted by Gasteiger charge is -2.08. The SMILES string of the molecule is CCCCCCCCCCCOC(=O)c1cccc(C(=O)OCCC(C)C)n1. The first-order chi connectivity index (χ1) is 13.5. The number of nitrogens with zero attached hydrogens (tertiary/aromatic N) is 1. The summed E-state index contributed by atoms with van der Waals surface area (Å²) in [6, 6.07) is 4.74. The zero-order valence-electron chi connectivity index (χ0n) is 17.9. The molecule has 0 spiro atoms. The molecule has 0 saturated heterocycles. The van der Waals surface area contributed by atoms with Crippen LogP contribution < -0.4 is 0 Å². The van der Waals surface area contributed by atoms with Crippen LogP contribution in [0.2, 0.25) is 0 Å². The number of carbonyl (C=O) groups excluding carboxylic acids is 2. The Kier molecular flexibility index (Phi) is 13.0. The van der Waals surface area contributed by atoms with Gasteiger partial charge in [0, 0.05) is 0 Å². The molecule has 0 fully saturated rings. The Hall–Kier alpha value is -1.91. The van der Waals surface area contributed by atoms with Crippen molar-refractivity contribution in [3.63, 3.8) is 0 Å². The van der Waals surface area contributed by atoms with Gasteiger partial charge in [-0.3, -0.25) is 0 Å². The minimum Gasteiger partial charge on any atom is -0.461 e. The van der Waals surface area contributed by atoms with E-state index in [1.165, 1.54) is 44.9 Å². The minimum absolute atomic E-state index is 0.140. The number of hydrogen-bond acceptors (Lipinski definition) is 5. The number of rotatable bonds is 15. The summed E-state index contributed by atoms with van der Waals surface area (Å²) in [6.45, 7) is 7.10. The van der Waals surface area contributed by atoms with Gasteiger partial charge in [0.05, 0.1) is 13.2 Å². The highest BCUT2D eigenvalue weighted by molar-refractivity contribution is 5.91. The van der Waals surface area contributed by atoms with E-state index >= 15 is 0 Å². The van der Waals surface area contributed by atoms with E-state index in [2.05, 4.69) is 25.8 Å². The van der Waals surface area contributed by atoms with E-state index in [-0.39, 0.29) is 11.4 Å². The normalized spacial score (nSPS) is 10.9. The van der Waals surface area contributed by atoms with Gasteiger partial charge in [-0.25, -0.2) is 14.6 Å². The second kappa shape index (κ2) is 15.1. The molecule has 0 aliphatic rings. The topological polar surface area (TPSA) is 65.5 Å². The minimum atomic E-state index is -0.505. The highest BCUT2D eigenvalue weighted by atomic mass is 16.5. The molecule has 158 valence electrons.